The van der Waals surface area contributed by atoms with E-state index in [2.05, 4.69) is 14.7 Å². The minimum absolute atomic E-state index is 0.0529. The van der Waals surface area contributed by atoms with Gasteiger partial charge in [-0.1, -0.05) is 60.1 Å². The Morgan fingerprint density at radius 1 is 0.902 bits per heavy atom. The molecule has 5 nitrogen and oxygen atoms in total. The standard InChI is InChI=1S/C30H20ClF5N2O3/c31-26-13-4-17(15-37-26)16-40-29(39)22-14-25(27-23(32)2-1-3-24(27)33)38-28(22)20-7-5-18(6-8-20)19-9-11-21(12-10-19)41-30(34,35)36/h1-13,15,22,28H,14,16H2. The molecule has 3 aromatic carbocycles. The number of carbonyl (C=O) groups excluding carboxylic acids is 1. The number of aromatic nitrogens is 1. The molecular formula is C30H20ClF5N2O3. The maximum Gasteiger partial charge on any atom is 0.573 e. The molecule has 4 aromatic rings. The molecule has 0 spiro atoms. The van der Waals surface area contributed by atoms with Gasteiger partial charge in [0.2, 0.25) is 0 Å². The molecule has 0 amide bonds. The summed E-state index contributed by atoms with van der Waals surface area (Å²) in [5.74, 6) is -3.41. The first-order chi connectivity index (χ1) is 19.6. The molecule has 210 valence electrons. The van der Waals surface area contributed by atoms with Crippen molar-refractivity contribution >= 4 is 23.3 Å². The first-order valence-electron chi connectivity index (χ1n) is 12.3. The van der Waals surface area contributed by atoms with Crippen molar-refractivity contribution in [2.75, 3.05) is 0 Å². The van der Waals surface area contributed by atoms with Gasteiger partial charge in [0.1, 0.15) is 29.1 Å². The second-order valence-electron chi connectivity index (χ2n) is 9.22. The molecule has 5 rings (SSSR count). The number of nitrogens with zero attached hydrogens (tertiary/aromatic N) is 2. The zero-order valence-corrected chi connectivity index (χ0v) is 21.8. The lowest BCUT2D eigenvalue weighted by molar-refractivity contribution is -0.274. The predicted molar refractivity (Wildman–Crippen MR) is 141 cm³/mol. The van der Waals surface area contributed by atoms with Crippen molar-refractivity contribution < 1.29 is 36.2 Å². The lowest BCUT2D eigenvalue weighted by Crippen LogP contribution is -2.22. The fourth-order valence-corrected chi connectivity index (χ4v) is 4.68. The smallest absolute Gasteiger partial charge is 0.460 e. The molecule has 1 aromatic heterocycles. The van der Waals surface area contributed by atoms with Crippen LogP contribution in [0.5, 0.6) is 5.75 Å². The van der Waals surface area contributed by atoms with Crippen molar-refractivity contribution in [3.8, 4) is 16.9 Å². The molecule has 0 fully saturated rings. The number of alkyl halides is 3. The molecule has 2 atom stereocenters. The van der Waals surface area contributed by atoms with Crippen LogP contribution in [0.2, 0.25) is 5.15 Å². The number of hydrogen-bond donors (Lipinski definition) is 0. The number of rotatable bonds is 7. The summed E-state index contributed by atoms with van der Waals surface area (Å²) in [6.45, 7) is -0.0808. The minimum Gasteiger partial charge on any atom is -0.460 e. The van der Waals surface area contributed by atoms with E-state index in [1.54, 1.807) is 36.4 Å². The van der Waals surface area contributed by atoms with Crippen molar-refractivity contribution in [1.82, 2.24) is 4.98 Å². The van der Waals surface area contributed by atoms with E-state index in [-0.39, 0.29) is 35.2 Å². The van der Waals surface area contributed by atoms with Gasteiger partial charge >= 0.3 is 12.3 Å². The molecule has 11 heteroatoms. The van der Waals surface area contributed by atoms with E-state index in [1.165, 1.54) is 36.5 Å². The third kappa shape index (κ3) is 6.71. The highest BCUT2D eigenvalue weighted by molar-refractivity contribution is 6.29. The molecule has 0 radical (unpaired) electrons. The van der Waals surface area contributed by atoms with Crippen molar-refractivity contribution in [2.45, 2.75) is 25.4 Å². The number of hydrogen-bond acceptors (Lipinski definition) is 5. The summed E-state index contributed by atoms with van der Waals surface area (Å²) < 4.78 is 76.0. The number of pyridine rings is 1. The summed E-state index contributed by atoms with van der Waals surface area (Å²) in [6.07, 6.45) is -3.37. The van der Waals surface area contributed by atoms with Crippen LogP contribution in [0.25, 0.3) is 11.1 Å². The maximum absolute atomic E-state index is 14.6. The van der Waals surface area contributed by atoms with Gasteiger partial charge in [0.15, 0.2) is 0 Å². The number of benzene rings is 3. The number of esters is 1. The van der Waals surface area contributed by atoms with Crippen LogP contribution in [-0.2, 0) is 16.1 Å². The SMILES string of the molecule is O=C(OCc1ccc(Cl)nc1)C1CC(c2c(F)cccc2F)=NC1c1ccc(-c2ccc(OC(F)(F)F)cc2)cc1. The van der Waals surface area contributed by atoms with Gasteiger partial charge in [-0.05, 0) is 47.0 Å². The molecule has 1 aliphatic heterocycles. The highest BCUT2D eigenvalue weighted by Crippen LogP contribution is 2.39. The lowest BCUT2D eigenvalue weighted by atomic mass is 9.90. The van der Waals surface area contributed by atoms with Crippen LogP contribution in [0.4, 0.5) is 22.0 Å². The summed E-state index contributed by atoms with van der Waals surface area (Å²) >= 11 is 5.80. The van der Waals surface area contributed by atoms with Crippen molar-refractivity contribution in [3.05, 3.63) is 119 Å². The molecule has 2 unspecified atom stereocenters. The van der Waals surface area contributed by atoms with Gasteiger partial charge in [0, 0.05) is 23.9 Å². The van der Waals surface area contributed by atoms with Gasteiger partial charge in [-0.25, -0.2) is 13.8 Å². The summed E-state index contributed by atoms with van der Waals surface area (Å²) in [6, 6.07) is 18.1. The number of carbonyl (C=O) groups is 1. The Hall–Kier alpha value is -4.31. The van der Waals surface area contributed by atoms with Crippen LogP contribution >= 0.6 is 11.6 Å². The second-order valence-corrected chi connectivity index (χ2v) is 9.61. The van der Waals surface area contributed by atoms with Crippen LogP contribution in [0.15, 0.2) is 90.1 Å². The van der Waals surface area contributed by atoms with E-state index in [9.17, 15) is 26.7 Å². The molecule has 0 bridgehead atoms. The average Bonchev–Trinajstić information content (AvgIpc) is 3.37. The third-order valence-electron chi connectivity index (χ3n) is 6.49. The zero-order chi connectivity index (χ0) is 29.1. The van der Waals surface area contributed by atoms with Gasteiger partial charge in [-0.2, -0.15) is 0 Å². The number of ether oxygens (including phenoxy) is 2. The van der Waals surface area contributed by atoms with Crippen LogP contribution in [0.1, 0.15) is 29.2 Å². The Bertz CT molecular complexity index is 1550. The Labute approximate surface area is 236 Å². The van der Waals surface area contributed by atoms with Gasteiger partial charge in [-0.3, -0.25) is 9.79 Å². The fraction of sp³-hybridized carbons (Fsp3) is 0.167. The molecule has 0 N–H and O–H groups in total. The second kappa shape index (κ2) is 11.7. The Morgan fingerprint density at radius 3 is 2.12 bits per heavy atom. The largest absolute Gasteiger partial charge is 0.573 e. The Balaban J connectivity index is 1.40. The van der Waals surface area contributed by atoms with Crippen LogP contribution in [0, 0.1) is 17.6 Å². The molecule has 0 aliphatic carbocycles. The van der Waals surface area contributed by atoms with E-state index in [4.69, 9.17) is 16.3 Å². The molecule has 2 heterocycles. The molecule has 0 saturated carbocycles. The molecule has 0 saturated heterocycles. The zero-order valence-electron chi connectivity index (χ0n) is 21.0. The van der Waals surface area contributed by atoms with Crippen molar-refractivity contribution in [3.63, 3.8) is 0 Å². The molecule has 41 heavy (non-hydrogen) atoms. The first kappa shape index (κ1) is 28.2. The van der Waals surface area contributed by atoms with E-state index >= 15 is 0 Å². The lowest BCUT2D eigenvalue weighted by Gasteiger charge is -2.18. The van der Waals surface area contributed by atoms with E-state index in [0.717, 1.165) is 12.1 Å². The summed E-state index contributed by atoms with van der Waals surface area (Å²) in [5.41, 5.74) is 2.31. The van der Waals surface area contributed by atoms with Gasteiger partial charge in [-0.15, -0.1) is 13.2 Å². The van der Waals surface area contributed by atoms with Crippen LogP contribution in [-0.4, -0.2) is 23.0 Å². The summed E-state index contributed by atoms with van der Waals surface area (Å²) in [4.78, 5) is 21.7. The Kier molecular flexibility index (Phi) is 8.03. The van der Waals surface area contributed by atoms with Gasteiger partial charge in [0.25, 0.3) is 0 Å². The first-order valence-corrected chi connectivity index (χ1v) is 12.7. The number of halogens is 6. The van der Waals surface area contributed by atoms with Gasteiger partial charge < -0.3 is 9.47 Å². The Morgan fingerprint density at radius 2 is 1.54 bits per heavy atom. The summed E-state index contributed by atoms with van der Waals surface area (Å²) in [7, 11) is 0. The highest BCUT2D eigenvalue weighted by atomic mass is 35.5. The quantitative estimate of drug-likeness (QED) is 0.126. The van der Waals surface area contributed by atoms with Crippen LogP contribution in [0.3, 0.4) is 0 Å². The highest BCUT2D eigenvalue weighted by Gasteiger charge is 2.39. The van der Waals surface area contributed by atoms with Crippen molar-refractivity contribution in [2.24, 2.45) is 10.9 Å². The number of aliphatic imine (C=N–C) groups is 1. The normalized spacial score (nSPS) is 16.8. The van der Waals surface area contributed by atoms with Crippen LogP contribution < -0.4 is 4.74 Å². The van der Waals surface area contributed by atoms with E-state index in [0.29, 0.717) is 22.3 Å². The van der Waals surface area contributed by atoms with Gasteiger partial charge in [0.05, 0.1) is 17.5 Å². The fourth-order valence-electron chi connectivity index (χ4n) is 4.56. The maximum atomic E-state index is 14.6. The van der Waals surface area contributed by atoms with E-state index < -0.39 is 35.9 Å². The molecule has 1 aliphatic rings. The predicted octanol–water partition coefficient (Wildman–Crippen LogP) is 7.87. The third-order valence-corrected chi connectivity index (χ3v) is 6.71. The summed E-state index contributed by atoms with van der Waals surface area (Å²) in [5, 5.41) is 0.287. The molecular weight excluding hydrogens is 567 g/mol. The minimum atomic E-state index is -4.79. The van der Waals surface area contributed by atoms with Crippen molar-refractivity contribution in [1.29, 1.82) is 0 Å². The topological polar surface area (TPSA) is 60.8 Å². The average molecular weight is 587 g/mol. The monoisotopic (exact) mass is 586 g/mol. The van der Waals surface area contributed by atoms with E-state index in [1.807, 2.05) is 0 Å².